The number of halogens is 1. The van der Waals surface area contributed by atoms with Crippen molar-refractivity contribution in [2.24, 2.45) is 0 Å². The van der Waals surface area contributed by atoms with E-state index in [4.69, 9.17) is 5.11 Å². The predicted octanol–water partition coefficient (Wildman–Crippen LogP) is 1.53. The summed E-state index contributed by atoms with van der Waals surface area (Å²) in [4.78, 5) is 3.96. The Morgan fingerprint density at radius 2 is 2.42 bits per heavy atom. The molecule has 1 unspecified atom stereocenters. The number of pyridine rings is 1. The monoisotopic (exact) mass is 169 g/mol. The molecule has 0 saturated heterocycles. The van der Waals surface area contributed by atoms with Crippen molar-refractivity contribution in [1.82, 2.24) is 4.98 Å². The molecule has 1 atom stereocenters. The number of aromatic nitrogens is 1. The van der Waals surface area contributed by atoms with Gasteiger partial charge in [-0.3, -0.25) is 4.98 Å². The maximum Gasteiger partial charge on any atom is 0.126 e. The molecule has 0 aliphatic heterocycles. The van der Waals surface area contributed by atoms with Crippen LogP contribution in [0, 0.1) is 5.82 Å². The first-order valence-corrected chi connectivity index (χ1v) is 3.97. The third-order valence-electron chi connectivity index (χ3n) is 1.60. The third kappa shape index (κ3) is 2.96. The Labute approximate surface area is 71.1 Å². The van der Waals surface area contributed by atoms with E-state index in [-0.39, 0.29) is 11.9 Å². The molecule has 0 aromatic carbocycles. The largest absolute Gasteiger partial charge is 0.393 e. The van der Waals surface area contributed by atoms with Gasteiger partial charge >= 0.3 is 0 Å². The van der Waals surface area contributed by atoms with Crippen LogP contribution in [0.1, 0.15) is 19.0 Å². The van der Waals surface area contributed by atoms with Crippen molar-refractivity contribution in [2.75, 3.05) is 0 Å². The van der Waals surface area contributed by atoms with Gasteiger partial charge in [0, 0.05) is 11.9 Å². The molecule has 12 heavy (non-hydrogen) atoms. The average Bonchev–Trinajstić information content (AvgIpc) is 2.01. The zero-order chi connectivity index (χ0) is 8.97. The van der Waals surface area contributed by atoms with Crippen LogP contribution in [0.4, 0.5) is 4.39 Å². The van der Waals surface area contributed by atoms with Crippen LogP contribution in [0.2, 0.25) is 0 Å². The zero-order valence-corrected chi connectivity index (χ0v) is 7.00. The Kier molecular flexibility index (Phi) is 3.17. The van der Waals surface area contributed by atoms with E-state index in [2.05, 4.69) is 4.98 Å². The third-order valence-corrected chi connectivity index (χ3v) is 1.60. The molecule has 1 heterocycles. The first kappa shape index (κ1) is 9.13. The molecule has 3 heteroatoms. The lowest BCUT2D eigenvalue weighted by atomic mass is 10.1. The summed E-state index contributed by atoms with van der Waals surface area (Å²) in [6.45, 7) is 1.71. The lowest BCUT2D eigenvalue weighted by Crippen LogP contribution is -2.02. The normalized spacial score (nSPS) is 12.9. The van der Waals surface area contributed by atoms with E-state index in [1.165, 1.54) is 18.3 Å². The summed E-state index contributed by atoms with van der Waals surface area (Å²) in [6.07, 6.45) is 2.33. The van der Waals surface area contributed by atoms with E-state index in [1.807, 2.05) is 0 Å². The van der Waals surface area contributed by atoms with E-state index in [9.17, 15) is 4.39 Å². The van der Waals surface area contributed by atoms with Gasteiger partial charge in [0.25, 0.3) is 0 Å². The van der Waals surface area contributed by atoms with Crippen LogP contribution in [0.3, 0.4) is 0 Å². The van der Waals surface area contributed by atoms with Gasteiger partial charge in [-0.15, -0.1) is 0 Å². The molecule has 0 fully saturated rings. The SMILES string of the molecule is CC(O)CCc1cc(F)ccn1. The van der Waals surface area contributed by atoms with Crippen molar-refractivity contribution in [1.29, 1.82) is 0 Å². The van der Waals surface area contributed by atoms with Crippen LogP contribution in [0.5, 0.6) is 0 Å². The number of hydrogen-bond acceptors (Lipinski definition) is 2. The number of aliphatic hydroxyl groups is 1. The van der Waals surface area contributed by atoms with Crippen LogP contribution in [0.25, 0.3) is 0 Å². The fourth-order valence-electron chi connectivity index (χ4n) is 0.942. The number of nitrogens with zero attached hydrogens (tertiary/aromatic N) is 1. The van der Waals surface area contributed by atoms with Gasteiger partial charge in [-0.1, -0.05) is 0 Å². The highest BCUT2D eigenvalue weighted by Gasteiger charge is 1.99. The fourth-order valence-corrected chi connectivity index (χ4v) is 0.942. The second-order valence-electron chi connectivity index (χ2n) is 2.85. The second-order valence-corrected chi connectivity index (χ2v) is 2.85. The number of rotatable bonds is 3. The molecular weight excluding hydrogens is 157 g/mol. The van der Waals surface area contributed by atoms with Crippen molar-refractivity contribution in [3.63, 3.8) is 0 Å². The first-order chi connectivity index (χ1) is 5.68. The van der Waals surface area contributed by atoms with Crippen LogP contribution >= 0.6 is 0 Å². The summed E-state index contributed by atoms with van der Waals surface area (Å²) in [7, 11) is 0. The van der Waals surface area contributed by atoms with Crippen molar-refractivity contribution >= 4 is 0 Å². The Morgan fingerprint density at radius 1 is 1.67 bits per heavy atom. The lowest BCUT2D eigenvalue weighted by Gasteiger charge is -2.02. The smallest absolute Gasteiger partial charge is 0.126 e. The summed E-state index contributed by atoms with van der Waals surface area (Å²) in [5.74, 6) is -0.273. The molecule has 66 valence electrons. The fraction of sp³-hybridized carbons (Fsp3) is 0.444. The van der Waals surface area contributed by atoms with Crippen LogP contribution in [-0.2, 0) is 6.42 Å². The average molecular weight is 169 g/mol. The standard InChI is InChI=1S/C9H12FNO/c1-7(12)2-3-9-6-8(10)4-5-11-9/h4-7,12H,2-3H2,1H3. The molecule has 0 bridgehead atoms. The van der Waals surface area contributed by atoms with Crippen molar-refractivity contribution < 1.29 is 9.50 Å². The van der Waals surface area contributed by atoms with Crippen molar-refractivity contribution in [3.05, 3.63) is 29.8 Å². The minimum absolute atomic E-state index is 0.273. The van der Waals surface area contributed by atoms with Gasteiger partial charge in [-0.05, 0) is 31.9 Å². The van der Waals surface area contributed by atoms with Crippen LogP contribution in [0.15, 0.2) is 18.3 Å². The van der Waals surface area contributed by atoms with Crippen LogP contribution < -0.4 is 0 Å². The highest BCUT2D eigenvalue weighted by molar-refractivity contribution is 5.05. The highest BCUT2D eigenvalue weighted by Crippen LogP contribution is 2.03. The van der Waals surface area contributed by atoms with E-state index >= 15 is 0 Å². The van der Waals surface area contributed by atoms with Gasteiger partial charge in [0.1, 0.15) is 5.82 Å². The van der Waals surface area contributed by atoms with Gasteiger partial charge < -0.3 is 5.11 Å². The molecule has 1 aromatic rings. The molecule has 0 amide bonds. The van der Waals surface area contributed by atoms with E-state index in [0.717, 1.165) is 0 Å². The van der Waals surface area contributed by atoms with Gasteiger partial charge in [0.15, 0.2) is 0 Å². The number of aryl methyl sites for hydroxylation is 1. The topological polar surface area (TPSA) is 33.1 Å². The number of hydrogen-bond donors (Lipinski definition) is 1. The predicted molar refractivity (Wildman–Crippen MR) is 44.2 cm³/mol. The molecule has 1 aromatic heterocycles. The minimum Gasteiger partial charge on any atom is -0.393 e. The highest BCUT2D eigenvalue weighted by atomic mass is 19.1. The zero-order valence-electron chi connectivity index (χ0n) is 7.00. The summed E-state index contributed by atoms with van der Waals surface area (Å²) in [5.41, 5.74) is 0.691. The minimum atomic E-state index is -0.352. The number of aliphatic hydroxyl groups excluding tert-OH is 1. The molecule has 0 aliphatic rings. The molecule has 0 spiro atoms. The lowest BCUT2D eigenvalue weighted by molar-refractivity contribution is 0.184. The van der Waals surface area contributed by atoms with E-state index in [0.29, 0.717) is 18.5 Å². The Morgan fingerprint density at radius 3 is 3.00 bits per heavy atom. The molecule has 2 nitrogen and oxygen atoms in total. The molecular formula is C9H12FNO. The van der Waals surface area contributed by atoms with E-state index in [1.54, 1.807) is 6.92 Å². The quantitative estimate of drug-likeness (QED) is 0.744. The second kappa shape index (κ2) is 4.16. The maximum atomic E-state index is 12.6. The molecule has 1 rings (SSSR count). The van der Waals surface area contributed by atoms with Gasteiger partial charge in [0.05, 0.1) is 6.10 Å². The van der Waals surface area contributed by atoms with Crippen molar-refractivity contribution in [2.45, 2.75) is 25.9 Å². The summed E-state index contributed by atoms with van der Waals surface area (Å²) in [5, 5.41) is 8.96. The summed E-state index contributed by atoms with van der Waals surface area (Å²) in [6, 6.07) is 2.70. The summed E-state index contributed by atoms with van der Waals surface area (Å²) < 4.78 is 12.6. The molecule has 0 saturated carbocycles. The Balaban J connectivity index is 2.52. The molecule has 0 aliphatic carbocycles. The molecule has 0 radical (unpaired) electrons. The van der Waals surface area contributed by atoms with Gasteiger partial charge in [-0.25, -0.2) is 4.39 Å². The summed E-state index contributed by atoms with van der Waals surface area (Å²) >= 11 is 0. The van der Waals surface area contributed by atoms with Crippen molar-refractivity contribution in [3.8, 4) is 0 Å². The van der Waals surface area contributed by atoms with Gasteiger partial charge in [-0.2, -0.15) is 0 Å². The van der Waals surface area contributed by atoms with Gasteiger partial charge in [0.2, 0.25) is 0 Å². The maximum absolute atomic E-state index is 12.6. The Bertz CT molecular complexity index is 250. The van der Waals surface area contributed by atoms with E-state index < -0.39 is 0 Å². The first-order valence-electron chi connectivity index (χ1n) is 3.97. The van der Waals surface area contributed by atoms with Crippen LogP contribution in [-0.4, -0.2) is 16.2 Å². The Hall–Kier alpha value is -0.960. The molecule has 1 N–H and O–H groups in total.